The van der Waals surface area contributed by atoms with Gasteiger partial charge in [-0.05, 0) is 42.8 Å². The average Bonchev–Trinajstić information content (AvgIpc) is 3.61. The van der Waals surface area contributed by atoms with E-state index in [-0.39, 0.29) is 23.9 Å². The quantitative estimate of drug-likeness (QED) is 0.212. The number of aromatic nitrogens is 7. The van der Waals surface area contributed by atoms with Crippen LogP contribution in [0.3, 0.4) is 0 Å². The predicted octanol–water partition coefficient (Wildman–Crippen LogP) is 4.14. The number of hydrogen-bond donors (Lipinski definition) is 4. The van der Waals surface area contributed by atoms with Crippen molar-refractivity contribution in [3.63, 3.8) is 0 Å². The number of pyridine rings is 1. The first kappa shape index (κ1) is 24.9. The first-order valence-electron chi connectivity index (χ1n) is 12.7. The van der Waals surface area contributed by atoms with Crippen LogP contribution >= 0.6 is 0 Å². The minimum Gasteiger partial charge on any atom is -0.414 e. The summed E-state index contributed by atoms with van der Waals surface area (Å²) in [6, 6.07) is 19.9. The lowest BCUT2D eigenvalue weighted by atomic mass is 10.1. The number of anilines is 3. The molecule has 0 bridgehead atoms. The number of aromatic amines is 1. The Morgan fingerprint density at radius 3 is 2.62 bits per heavy atom. The fourth-order valence-electron chi connectivity index (χ4n) is 4.36. The van der Waals surface area contributed by atoms with Crippen molar-refractivity contribution in [3.8, 4) is 23.0 Å². The lowest BCUT2D eigenvalue weighted by Crippen LogP contribution is -2.17. The number of aryl methyl sites for hydroxylation is 1. The summed E-state index contributed by atoms with van der Waals surface area (Å²) in [5.74, 6) is 1.12. The Bertz CT molecular complexity index is 1810. The Kier molecular flexibility index (Phi) is 6.73. The molecule has 12 nitrogen and oxygen atoms in total. The van der Waals surface area contributed by atoms with Crippen LogP contribution < -0.4 is 16.2 Å². The smallest absolute Gasteiger partial charge is 0.271 e. The molecule has 1 atom stereocenters. The number of benzene rings is 2. The van der Waals surface area contributed by atoms with E-state index in [9.17, 15) is 9.90 Å². The molecule has 0 saturated heterocycles. The van der Waals surface area contributed by atoms with Gasteiger partial charge in [0.1, 0.15) is 11.5 Å². The van der Waals surface area contributed by atoms with Crippen molar-refractivity contribution in [2.75, 3.05) is 17.2 Å². The third kappa shape index (κ3) is 4.90. The van der Waals surface area contributed by atoms with Crippen LogP contribution in [0.4, 0.5) is 17.5 Å². The Hall–Kier alpha value is -5.36. The Balaban J connectivity index is 1.38. The molecule has 2 aromatic carbocycles. The second-order valence-electron chi connectivity index (χ2n) is 8.92. The van der Waals surface area contributed by atoms with Crippen LogP contribution in [-0.4, -0.2) is 46.6 Å². The number of nitrogens with one attached hydrogen (secondary N) is 3. The minimum atomic E-state index is -0.462. The summed E-state index contributed by atoms with van der Waals surface area (Å²) < 4.78 is 7.71. The third-order valence-electron chi connectivity index (χ3n) is 6.37. The van der Waals surface area contributed by atoms with Crippen LogP contribution in [0.25, 0.3) is 33.9 Å². The van der Waals surface area contributed by atoms with Crippen molar-refractivity contribution >= 4 is 28.4 Å². The summed E-state index contributed by atoms with van der Waals surface area (Å²) in [6.07, 6.45) is 3.22. The van der Waals surface area contributed by atoms with E-state index < -0.39 is 6.04 Å². The molecule has 6 aromatic rings. The maximum absolute atomic E-state index is 12.2. The number of nitrogens with zero attached hydrogens (tertiary/aromatic N) is 6. The van der Waals surface area contributed by atoms with Gasteiger partial charge in [-0.3, -0.25) is 19.6 Å². The molecule has 0 fully saturated rings. The minimum absolute atomic E-state index is 0.143. The molecular formula is C28H25N9O3. The highest BCUT2D eigenvalue weighted by Gasteiger charge is 2.20. The van der Waals surface area contributed by atoms with Gasteiger partial charge in [-0.25, -0.2) is 4.98 Å². The number of hydrogen-bond acceptors (Lipinski definition) is 10. The molecule has 6 rings (SSSR count). The average molecular weight is 536 g/mol. The molecule has 200 valence electrons. The van der Waals surface area contributed by atoms with Gasteiger partial charge in [0, 0.05) is 24.6 Å². The highest BCUT2D eigenvalue weighted by molar-refractivity contribution is 5.83. The van der Waals surface area contributed by atoms with Crippen molar-refractivity contribution < 1.29 is 9.52 Å². The molecule has 0 amide bonds. The van der Waals surface area contributed by atoms with Gasteiger partial charge >= 0.3 is 0 Å². The maximum atomic E-state index is 12.2. The van der Waals surface area contributed by atoms with Gasteiger partial charge in [0.05, 0.1) is 29.1 Å². The highest BCUT2D eigenvalue weighted by atomic mass is 16.4. The molecule has 0 radical (unpaired) electrons. The Morgan fingerprint density at radius 1 is 1.02 bits per heavy atom. The van der Waals surface area contributed by atoms with Crippen LogP contribution in [0.2, 0.25) is 0 Å². The Morgan fingerprint density at radius 2 is 1.85 bits per heavy atom. The molecular weight excluding hydrogens is 510 g/mol. The van der Waals surface area contributed by atoms with Gasteiger partial charge in [0.2, 0.25) is 5.95 Å². The molecule has 0 aliphatic heterocycles. The van der Waals surface area contributed by atoms with Crippen molar-refractivity contribution in [1.29, 1.82) is 0 Å². The molecule has 4 aromatic heterocycles. The first-order valence-corrected chi connectivity index (χ1v) is 12.7. The van der Waals surface area contributed by atoms with Gasteiger partial charge in [-0.1, -0.05) is 36.4 Å². The number of H-pyrrole nitrogens is 1. The molecule has 0 unspecified atom stereocenters. The summed E-state index contributed by atoms with van der Waals surface area (Å²) in [7, 11) is 0. The number of fused-ring (bicyclic) bond motifs is 1. The van der Waals surface area contributed by atoms with Crippen molar-refractivity contribution in [1.82, 2.24) is 34.9 Å². The molecule has 0 aliphatic carbocycles. The summed E-state index contributed by atoms with van der Waals surface area (Å²) in [5, 5.41) is 28.5. The van der Waals surface area contributed by atoms with E-state index in [1.165, 1.54) is 0 Å². The molecule has 40 heavy (non-hydrogen) atoms. The van der Waals surface area contributed by atoms with Gasteiger partial charge < -0.3 is 20.2 Å². The third-order valence-corrected chi connectivity index (χ3v) is 6.37. The van der Waals surface area contributed by atoms with E-state index >= 15 is 0 Å². The lowest BCUT2D eigenvalue weighted by molar-refractivity contribution is 0.276. The SMILES string of the molecule is CCn1[nH]c(=O)c2ccc(Nc3ncc(-c4nnc(-c5ccccn5)o4)c(N[C@H](CO)c4ccccc4)n3)cc21. The zero-order valence-electron chi connectivity index (χ0n) is 21.4. The zero-order chi connectivity index (χ0) is 27.5. The lowest BCUT2D eigenvalue weighted by Gasteiger charge is -2.19. The molecule has 4 heterocycles. The standard InChI is InChI=1S/C28H25N9O3/c1-2-37-23-14-18(11-12-19(23)25(39)36-37)31-28-30-15-20(26-34-35-27(40-26)21-10-6-7-13-29-21)24(33-28)32-22(16-38)17-8-4-3-5-9-17/h3-15,22,38H,2,16H2,1H3,(H,36,39)(H2,30,31,32,33)/t22-/m1/s1. The Labute approximate surface area is 227 Å². The van der Waals surface area contributed by atoms with E-state index in [0.717, 1.165) is 11.1 Å². The van der Waals surface area contributed by atoms with Crippen LogP contribution in [0.5, 0.6) is 0 Å². The topological polar surface area (TPSA) is 160 Å². The van der Waals surface area contributed by atoms with E-state index in [0.29, 0.717) is 40.6 Å². The summed E-state index contributed by atoms with van der Waals surface area (Å²) in [4.78, 5) is 25.7. The summed E-state index contributed by atoms with van der Waals surface area (Å²) >= 11 is 0. The van der Waals surface area contributed by atoms with Gasteiger partial charge in [0.25, 0.3) is 17.3 Å². The van der Waals surface area contributed by atoms with Crippen molar-refractivity contribution in [2.45, 2.75) is 19.5 Å². The first-order chi connectivity index (χ1) is 19.6. The molecule has 0 saturated carbocycles. The van der Waals surface area contributed by atoms with Crippen LogP contribution in [0.1, 0.15) is 18.5 Å². The zero-order valence-corrected chi connectivity index (χ0v) is 21.4. The number of aliphatic hydroxyl groups excluding tert-OH is 1. The van der Waals surface area contributed by atoms with Gasteiger partial charge in [-0.15, -0.1) is 10.2 Å². The van der Waals surface area contributed by atoms with Crippen molar-refractivity contribution in [2.24, 2.45) is 0 Å². The van der Waals surface area contributed by atoms with Crippen LogP contribution in [0, 0.1) is 0 Å². The largest absolute Gasteiger partial charge is 0.414 e. The van der Waals surface area contributed by atoms with E-state index in [4.69, 9.17) is 9.40 Å². The second kappa shape index (κ2) is 10.8. The van der Waals surface area contributed by atoms with Crippen LogP contribution in [0.15, 0.2) is 88.3 Å². The maximum Gasteiger partial charge on any atom is 0.271 e. The van der Waals surface area contributed by atoms with E-state index in [1.807, 2.05) is 49.4 Å². The highest BCUT2D eigenvalue weighted by Crippen LogP contribution is 2.31. The van der Waals surface area contributed by atoms with Crippen molar-refractivity contribution in [3.05, 3.63) is 95.0 Å². The number of aliphatic hydroxyl groups is 1. The van der Waals surface area contributed by atoms with E-state index in [2.05, 4.69) is 35.9 Å². The second-order valence-corrected chi connectivity index (χ2v) is 8.92. The summed E-state index contributed by atoms with van der Waals surface area (Å²) in [5.41, 5.74) is 3.19. The molecule has 12 heteroatoms. The molecule has 4 N–H and O–H groups in total. The van der Waals surface area contributed by atoms with Gasteiger partial charge in [-0.2, -0.15) is 4.98 Å². The molecule has 0 spiro atoms. The monoisotopic (exact) mass is 535 g/mol. The van der Waals surface area contributed by atoms with Gasteiger partial charge in [0.15, 0.2) is 0 Å². The predicted molar refractivity (Wildman–Crippen MR) is 150 cm³/mol. The normalized spacial score (nSPS) is 11.9. The van der Waals surface area contributed by atoms with Crippen LogP contribution in [-0.2, 0) is 6.54 Å². The fourth-order valence-corrected chi connectivity index (χ4v) is 4.36. The fraction of sp³-hybridized carbons (Fsp3) is 0.143. The van der Waals surface area contributed by atoms with E-state index in [1.54, 1.807) is 41.3 Å². The number of rotatable bonds is 9. The summed E-state index contributed by atoms with van der Waals surface area (Å²) in [6.45, 7) is 2.39. The molecule has 0 aliphatic rings.